The van der Waals surface area contributed by atoms with Gasteiger partial charge in [-0.1, -0.05) is 29.8 Å². The Morgan fingerprint density at radius 3 is 2.71 bits per heavy atom. The van der Waals surface area contributed by atoms with Crippen molar-refractivity contribution in [3.05, 3.63) is 64.7 Å². The molecule has 126 valence electrons. The molecule has 0 radical (unpaired) electrons. The first-order valence-electron chi connectivity index (χ1n) is 8.08. The maximum absolute atomic E-state index is 12.1. The zero-order valence-corrected chi connectivity index (χ0v) is 14.1. The van der Waals surface area contributed by atoms with Gasteiger partial charge in [-0.05, 0) is 43.2 Å². The predicted molar refractivity (Wildman–Crippen MR) is 93.5 cm³/mol. The molecule has 3 rings (SSSR count). The van der Waals surface area contributed by atoms with E-state index in [9.17, 15) is 4.79 Å². The van der Waals surface area contributed by atoms with Crippen LogP contribution in [0.3, 0.4) is 0 Å². The number of nitrogens with one attached hydrogen (secondary N) is 1. The number of halogens is 1. The third-order valence-corrected chi connectivity index (χ3v) is 4.35. The van der Waals surface area contributed by atoms with Gasteiger partial charge < -0.3 is 14.8 Å². The Balaban J connectivity index is 1.51. The molecule has 1 saturated heterocycles. The van der Waals surface area contributed by atoms with Crippen LogP contribution in [0, 0.1) is 0 Å². The Labute approximate surface area is 146 Å². The third kappa shape index (κ3) is 4.49. The van der Waals surface area contributed by atoms with Crippen LogP contribution >= 0.6 is 11.6 Å². The fourth-order valence-corrected chi connectivity index (χ4v) is 2.78. The van der Waals surface area contributed by atoms with Gasteiger partial charge in [0, 0.05) is 29.3 Å². The number of ether oxygens (including phenoxy) is 2. The van der Waals surface area contributed by atoms with Gasteiger partial charge in [0.2, 0.25) is 0 Å². The van der Waals surface area contributed by atoms with Crippen LogP contribution in [-0.4, -0.2) is 25.2 Å². The molecule has 1 heterocycles. The highest BCUT2D eigenvalue weighted by Crippen LogP contribution is 2.19. The number of amides is 1. The van der Waals surface area contributed by atoms with E-state index in [1.807, 2.05) is 24.3 Å². The van der Waals surface area contributed by atoms with Crippen molar-refractivity contribution in [1.29, 1.82) is 0 Å². The summed E-state index contributed by atoms with van der Waals surface area (Å²) in [5, 5.41) is 3.59. The SMILES string of the molecule is O=C(NCC1CCCO1)c1ccc(OCc2ccccc2Cl)cc1. The first kappa shape index (κ1) is 16.8. The van der Waals surface area contributed by atoms with E-state index in [1.165, 1.54) is 0 Å². The normalized spacial score (nSPS) is 16.8. The van der Waals surface area contributed by atoms with Crippen molar-refractivity contribution in [3.8, 4) is 5.75 Å². The molecule has 24 heavy (non-hydrogen) atoms. The van der Waals surface area contributed by atoms with Crippen LogP contribution in [0.5, 0.6) is 5.75 Å². The molecule has 0 spiro atoms. The fraction of sp³-hybridized carbons (Fsp3) is 0.316. The summed E-state index contributed by atoms with van der Waals surface area (Å²) in [5.74, 6) is 0.605. The molecule has 1 aliphatic rings. The quantitative estimate of drug-likeness (QED) is 0.865. The highest BCUT2D eigenvalue weighted by molar-refractivity contribution is 6.31. The number of carbonyl (C=O) groups is 1. The van der Waals surface area contributed by atoms with Crippen molar-refractivity contribution in [2.24, 2.45) is 0 Å². The van der Waals surface area contributed by atoms with Crippen molar-refractivity contribution in [2.45, 2.75) is 25.6 Å². The summed E-state index contributed by atoms with van der Waals surface area (Å²) in [5.41, 5.74) is 1.54. The lowest BCUT2D eigenvalue weighted by atomic mass is 10.2. The van der Waals surface area contributed by atoms with Crippen LogP contribution in [0.1, 0.15) is 28.8 Å². The summed E-state index contributed by atoms with van der Waals surface area (Å²) >= 11 is 6.10. The van der Waals surface area contributed by atoms with Crippen LogP contribution in [0.2, 0.25) is 5.02 Å². The number of rotatable bonds is 6. The van der Waals surface area contributed by atoms with E-state index in [4.69, 9.17) is 21.1 Å². The number of benzene rings is 2. The van der Waals surface area contributed by atoms with Crippen LogP contribution in [0.25, 0.3) is 0 Å². The van der Waals surface area contributed by atoms with Gasteiger partial charge in [0.15, 0.2) is 0 Å². The molecule has 1 unspecified atom stereocenters. The molecule has 0 saturated carbocycles. The largest absolute Gasteiger partial charge is 0.489 e. The van der Waals surface area contributed by atoms with E-state index in [1.54, 1.807) is 24.3 Å². The van der Waals surface area contributed by atoms with Crippen LogP contribution in [-0.2, 0) is 11.3 Å². The molecule has 0 aromatic heterocycles. The number of carbonyl (C=O) groups excluding carboxylic acids is 1. The van der Waals surface area contributed by atoms with Gasteiger partial charge in [-0.2, -0.15) is 0 Å². The Morgan fingerprint density at radius 1 is 1.21 bits per heavy atom. The second kappa shape index (κ2) is 8.18. The maximum Gasteiger partial charge on any atom is 0.251 e. The second-order valence-electron chi connectivity index (χ2n) is 5.75. The molecule has 0 aliphatic carbocycles. The lowest BCUT2D eigenvalue weighted by Crippen LogP contribution is -2.31. The van der Waals surface area contributed by atoms with Gasteiger partial charge in [0.05, 0.1) is 6.10 Å². The van der Waals surface area contributed by atoms with E-state index >= 15 is 0 Å². The molecule has 1 atom stereocenters. The Kier molecular flexibility index (Phi) is 5.72. The zero-order chi connectivity index (χ0) is 16.8. The van der Waals surface area contributed by atoms with E-state index in [2.05, 4.69) is 5.32 Å². The van der Waals surface area contributed by atoms with E-state index in [0.717, 1.165) is 25.0 Å². The molecule has 1 fully saturated rings. The predicted octanol–water partition coefficient (Wildman–Crippen LogP) is 3.83. The standard InChI is InChI=1S/C19H20ClNO3/c20-18-6-2-1-4-15(18)13-24-16-9-7-14(8-10-16)19(22)21-12-17-5-3-11-23-17/h1-2,4,6-10,17H,3,5,11-13H2,(H,21,22). The number of hydrogen-bond acceptors (Lipinski definition) is 3. The first-order valence-corrected chi connectivity index (χ1v) is 8.46. The van der Waals surface area contributed by atoms with E-state index in [-0.39, 0.29) is 12.0 Å². The van der Waals surface area contributed by atoms with E-state index < -0.39 is 0 Å². The topological polar surface area (TPSA) is 47.6 Å². The van der Waals surface area contributed by atoms with Gasteiger partial charge in [0.25, 0.3) is 5.91 Å². The minimum absolute atomic E-state index is 0.0943. The summed E-state index contributed by atoms with van der Waals surface area (Å²) < 4.78 is 11.2. The summed E-state index contributed by atoms with van der Waals surface area (Å²) in [6.07, 6.45) is 2.22. The van der Waals surface area contributed by atoms with E-state index in [0.29, 0.717) is 29.5 Å². The van der Waals surface area contributed by atoms with Crippen molar-refractivity contribution in [2.75, 3.05) is 13.2 Å². The third-order valence-electron chi connectivity index (χ3n) is 3.98. The molecular formula is C19H20ClNO3. The minimum atomic E-state index is -0.0943. The average Bonchev–Trinajstić information content (AvgIpc) is 3.13. The van der Waals surface area contributed by atoms with Crippen LogP contribution in [0.15, 0.2) is 48.5 Å². The van der Waals surface area contributed by atoms with Crippen molar-refractivity contribution >= 4 is 17.5 Å². The summed E-state index contributed by atoms with van der Waals surface area (Å²) in [6, 6.07) is 14.7. The fourth-order valence-electron chi connectivity index (χ4n) is 2.59. The summed E-state index contributed by atoms with van der Waals surface area (Å²) in [4.78, 5) is 12.1. The van der Waals surface area contributed by atoms with Gasteiger partial charge >= 0.3 is 0 Å². The summed E-state index contributed by atoms with van der Waals surface area (Å²) in [7, 11) is 0. The highest BCUT2D eigenvalue weighted by atomic mass is 35.5. The zero-order valence-electron chi connectivity index (χ0n) is 13.3. The van der Waals surface area contributed by atoms with Crippen LogP contribution in [0.4, 0.5) is 0 Å². The average molecular weight is 346 g/mol. The monoisotopic (exact) mass is 345 g/mol. The van der Waals surface area contributed by atoms with Gasteiger partial charge in [-0.15, -0.1) is 0 Å². The van der Waals surface area contributed by atoms with Crippen molar-refractivity contribution < 1.29 is 14.3 Å². The second-order valence-corrected chi connectivity index (χ2v) is 6.16. The summed E-state index contributed by atoms with van der Waals surface area (Å²) in [6.45, 7) is 1.74. The van der Waals surface area contributed by atoms with Crippen LogP contribution < -0.4 is 10.1 Å². The molecule has 1 N–H and O–H groups in total. The molecule has 1 amide bonds. The lowest BCUT2D eigenvalue weighted by Gasteiger charge is -2.11. The van der Waals surface area contributed by atoms with Crippen molar-refractivity contribution in [1.82, 2.24) is 5.32 Å². The molecule has 5 heteroatoms. The molecule has 1 aliphatic heterocycles. The van der Waals surface area contributed by atoms with Gasteiger partial charge in [-0.3, -0.25) is 4.79 Å². The minimum Gasteiger partial charge on any atom is -0.489 e. The van der Waals surface area contributed by atoms with Crippen molar-refractivity contribution in [3.63, 3.8) is 0 Å². The number of hydrogen-bond donors (Lipinski definition) is 1. The highest BCUT2D eigenvalue weighted by Gasteiger charge is 2.16. The molecule has 0 bridgehead atoms. The Bertz CT molecular complexity index is 681. The molecule has 4 nitrogen and oxygen atoms in total. The first-order chi connectivity index (χ1) is 11.7. The Hall–Kier alpha value is -2.04. The Morgan fingerprint density at radius 2 is 2.00 bits per heavy atom. The maximum atomic E-state index is 12.1. The molecule has 2 aromatic carbocycles. The van der Waals surface area contributed by atoms with Gasteiger partial charge in [-0.25, -0.2) is 0 Å². The molecule has 2 aromatic rings. The molecular weight excluding hydrogens is 326 g/mol. The van der Waals surface area contributed by atoms with Gasteiger partial charge in [0.1, 0.15) is 12.4 Å². The smallest absolute Gasteiger partial charge is 0.251 e. The lowest BCUT2D eigenvalue weighted by molar-refractivity contribution is 0.0857.